The molecule has 0 amide bonds. The van der Waals surface area contributed by atoms with Gasteiger partial charge in [-0.1, -0.05) is 38.0 Å². The molecule has 0 spiro atoms. The van der Waals surface area contributed by atoms with E-state index in [1.165, 1.54) is 0 Å². The molecular weight excluding hydrogens is 233 g/mol. The molecule has 0 fully saturated rings. The number of hydrogen-bond donors (Lipinski definition) is 2. The van der Waals surface area contributed by atoms with E-state index in [0.717, 1.165) is 12.8 Å². The normalized spacial score (nSPS) is 12.4. The van der Waals surface area contributed by atoms with Crippen molar-refractivity contribution in [2.45, 2.75) is 45.7 Å². The third-order valence-corrected chi connectivity index (χ3v) is 2.96. The fourth-order valence-corrected chi connectivity index (χ4v) is 1.80. The van der Waals surface area contributed by atoms with Crippen LogP contribution in [-0.2, 0) is 11.3 Å². The maximum absolute atomic E-state index is 13.7. The molecule has 0 unspecified atom stereocenters. The summed E-state index contributed by atoms with van der Waals surface area (Å²) in [6.07, 6.45) is 2.36. The molecule has 2 N–H and O–H groups in total. The highest BCUT2D eigenvalue weighted by Gasteiger charge is 2.16. The highest BCUT2D eigenvalue weighted by atomic mass is 19.1. The molecule has 0 aliphatic heterocycles. The van der Waals surface area contributed by atoms with Crippen LogP contribution in [0.25, 0.3) is 0 Å². The first-order chi connectivity index (χ1) is 8.56. The molecule has 1 atom stereocenters. The number of hydrogen-bond acceptors (Lipinski definition) is 2. The van der Waals surface area contributed by atoms with Gasteiger partial charge in [-0.25, -0.2) is 4.39 Å². The lowest BCUT2D eigenvalue weighted by molar-refractivity contribution is -0.139. The smallest absolute Gasteiger partial charge is 0.320 e. The van der Waals surface area contributed by atoms with E-state index < -0.39 is 12.0 Å². The molecule has 0 aliphatic rings. The van der Waals surface area contributed by atoms with E-state index in [2.05, 4.69) is 5.32 Å². The molecular formula is C14H20FNO2. The summed E-state index contributed by atoms with van der Waals surface area (Å²) < 4.78 is 13.7. The molecule has 1 rings (SSSR count). The number of halogens is 1. The molecule has 3 nitrogen and oxygen atoms in total. The summed E-state index contributed by atoms with van der Waals surface area (Å²) in [5, 5.41) is 11.9. The third kappa shape index (κ3) is 4.11. The van der Waals surface area contributed by atoms with Crippen molar-refractivity contribution in [1.29, 1.82) is 0 Å². The number of unbranched alkanes of at least 4 members (excludes halogenated alkanes) is 1. The number of carboxylic acid groups (broad SMARTS) is 1. The second-order valence-electron chi connectivity index (χ2n) is 4.46. The van der Waals surface area contributed by atoms with Gasteiger partial charge in [0.1, 0.15) is 11.9 Å². The van der Waals surface area contributed by atoms with E-state index in [9.17, 15) is 9.18 Å². The summed E-state index contributed by atoms with van der Waals surface area (Å²) in [6.45, 7) is 3.96. The van der Waals surface area contributed by atoms with Gasteiger partial charge in [0, 0.05) is 12.1 Å². The Morgan fingerprint density at radius 3 is 2.83 bits per heavy atom. The molecule has 1 aromatic carbocycles. The number of aliphatic carboxylic acids is 1. The van der Waals surface area contributed by atoms with Crippen molar-refractivity contribution in [3.63, 3.8) is 0 Å². The first-order valence-corrected chi connectivity index (χ1v) is 6.26. The maximum Gasteiger partial charge on any atom is 0.320 e. The first kappa shape index (κ1) is 14.6. The molecule has 0 saturated heterocycles. The van der Waals surface area contributed by atoms with Gasteiger partial charge < -0.3 is 10.4 Å². The molecule has 0 bridgehead atoms. The van der Waals surface area contributed by atoms with Gasteiger partial charge in [0.05, 0.1) is 0 Å². The van der Waals surface area contributed by atoms with Crippen molar-refractivity contribution in [2.24, 2.45) is 0 Å². The van der Waals surface area contributed by atoms with E-state index in [1.807, 2.05) is 6.92 Å². The highest BCUT2D eigenvalue weighted by molar-refractivity contribution is 5.73. The molecule has 0 radical (unpaired) electrons. The Labute approximate surface area is 107 Å². The molecule has 18 heavy (non-hydrogen) atoms. The minimum absolute atomic E-state index is 0.244. The predicted octanol–water partition coefficient (Wildman–Crippen LogP) is 2.87. The Balaban J connectivity index is 2.61. The molecule has 1 aromatic rings. The van der Waals surface area contributed by atoms with Crippen LogP contribution in [0.2, 0.25) is 0 Å². The number of benzene rings is 1. The summed E-state index contributed by atoms with van der Waals surface area (Å²) in [5.74, 6) is -1.14. The number of nitrogens with one attached hydrogen (secondary N) is 1. The van der Waals surface area contributed by atoms with Gasteiger partial charge in [0.15, 0.2) is 0 Å². The van der Waals surface area contributed by atoms with Crippen LogP contribution in [0, 0.1) is 12.7 Å². The third-order valence-electron chi connectivity index (χ3n) is 2.96. The fraction of sp³-hybridized carbons (Fsp3) is 0.500. The van der Waals surface area contributed by atoms with Crippen LogP contribution in [-0.4, -0.2) is 17.1 Å². The Hall–Kier alpha value is -1.42. The summed E-state index contributed by atoms with van der Waals surface area (Å²) in [4.78, 5) is 11.0. The zero-order valence-electron chi connectivity index (χ0n) is 10.9. The first-order valence-electron chi connectivity index (χ1n) is 6.26. The van der Waals surface area contributed by atoms with Crippen LogP contribution in [0.4, 0.5) is 4.39 Å². The van der Waals surface area contributed by atoms with Gasteiger partial charge in [-0.2, -0.15) is 0 Å². The van der Waals surface area contributed by atoms with Gasteiger partial charge in [-0.3, -0.25) is 4.79 Å². The second kappa shape index (κ2) is 7.11. The van der Waals surface area contributed by atoms with Crippen LogP contribution < -0.4 is 5.32 Å². The predicted molar refractivity (Wildman–Crippen MR) is 68.9 cm³/mol. The van der Waals surface area contributed by atoms with Crippen molar-refractivity contribution >= 4 is 5.97 Å². The largest absolute Gasteiger partial charge is 0.480 e. The molecule has 0 saturated carbocycles. The van der Waals surface area contributed by atoms with Crippen molar-refractivity contribution in [3.05, 3.63) is 35.1 Å². The van der Waals surface area contributed by atoms with E-state index in [4.69, 9.17) is 5.11 Å². The minimum Gasteiger partial charge on any atom is -0.480 e. The van der Waals surface area contributed by atoms with Crippen LogP contribution >= 0.6 is 0 Å². The zero-order valence-corrected chi connectivity index (χ0v) is 10.9. The molecule has 0 aliphatic carbocycles. The fourth-order valence-electron chi connectivity index (χ4n) is 1.80. The number of rotatable bonds is 7. The Kier molecular flexibility index (Phi) is 5.78. The van der Waals surface area contributed by atoms with Crippen LogP contribution in [0.3, 0.4) is 0 Å². The molecule has 100 valence electrons. The Bertz CT molecular complexity index is 407. The van der Waals surface area contributed by atoms with Crippen molar-refractivity contribution in [3.8, 4) is 0 Å². The lowest BCUT2D eigenvalue weighted by Gasteiger charge is -2.14. The van der Waals surface area contributed by atoms with Gasteiger partial charge in [-0.15, -0.1) is 0 Å². The van der Waals surface area contributed by atoms with Gasteiger partial charge in [0.25, 0.3) is 0 Å². The Morgan fingerprint density at radius 1 is 1.50 bits per heavy atom. The molecule has 0 aromatic heterocycles. The standard InChI is InChI=1S/C14H20FNO2/c1-3-4-8-12(14(17)18)16-9-11-7-5-6-10(2)13(11)15/h5-7,12,16H,3-4,8-9H2,1-2H3,(H,17,18)/t12-/m0/s1. The average molecular weight is 253 g/mol. The van der Waals surface area contributed by atoms with E-state index in [0.29, 0.717) is 17.5 Å². The van der Waals surface area contributed by atoms with Crippen LogP contribution in [0.5, 0.6) is 0 Å². The van der Waals surface area contributed by atoms with E-state index in [1.54, 1.807) is 25.1 Å². The van der Waals surface area contributed by atoms with Crippen molar-refractivity contribution in [1.82, 2.24) is 5.32 Å². The van der Waals surface area contributed by atoms with E-state index in [-0.39, 0.29) is 12.4 Å². The molecule has 4 heteroatoms. The van der Waals surface area contributed by atoms with Gasteiger partial charge in [-0.05, 0) is 18.9 Å². The quantitative estimate of drug-likeness (QED) is 0.785. The molecule has 0 heterocycles. The van der Waals surface area contributed by atoms with Gasteiger partial charge >= 0.3 is 5.97 Å². The summed E-state index contributed by atoms with van der Waals surface area (Å²) in [6, 6.07) is 4.54. The minimum atomic E-state index is -0.878. The maximum atomic E-state index is 13.7. The van der Waals surface area contributed by atoms with Crippen LogP contribution in [0.15, 0.2) is 18.2 Å². The number of aryl methyl sites for hydroxylation is 1. The van der Waals surface area contributed by atoms with Gasteiger partial charge in [0.2, 0.25) is 0 Å². The highest BCUT2D eigenvalue weighted by Crippen LogP contribution is 2.12. The number of carboxylic acids is 1. The lowest BCUT2D eigenvalue weighted by Crippen LogP contribution is -2.36. The van der Waals surface area contributed by atoms with E-state index >= 15 is 0 Å². The number of carbonyl (C=O) groups is 1. The summed E-state index contributed by atoms with van der Waals surface area (Å²) in [5.41, 5.74) is 1.09. The Morgan fingerprint density at radius 2 is 2.22 bits per heavy atom. The summed E-state index contributed by atoms with van der Waals surface area (Å²) >= 11 is 0. The lowest BCUT2D eigenvalue weighted by atomic mass is 10.1. The van der Waals surface area contributed by atoms with Crippen LogP contribution in [0.1, 0.15) is 37.3 Å². The SMILES string of the molecule is CCCC[C@H](NCc1cccc(C)c1F)C(=O)O. The van der Waals surface area contributed by atoms with Crippen molar-refractivity contribution < 1.29 is 14.3 Å². The monoisotopic (exact) mass is 253 g/mol. The zero-order chi connectivity index (χ0) is 13.5. The van der Waals surface area contributed by atoms with Crippen molar-refractivity contribution in [2.75, 3.05) is 0 Å². The average Bonchev–Trinajstić information content (AvgIpc) is 2.33. The topological polar surface area (TPSA) is 49.3 Å². The summed E-state index contributed by atoms with van der Waals surface area (Å²) in [7, 11) is 0. The second-order valence-corrected chi connectivity index (χ2v) is 4.46.